The Morgan fingerprint density at radius 1 is 1.00 bits per heavy atom. The molecule has 1 fully saturated rings. The normalized spacial score (nSPS) is 18.5. The van der Waals surface area contributed by atoms with Gasteiger partial charge in [0.05, 0.1) is 32.9 Å². The Kier molecular flexibility index (Phi) is 9.66. The van der Waals surface area contributed by atoms with E-state index < -0.39 is 10.1 Å². The lowest BCUT2D eigenvalue weighted by molar-refractivity contribution is -0.914. The molecule has 0 amide bonds. The van der Waals surface area contributed by atoms with E-state index in [1.54, 1.807) is 0 Å². The highest BCUT2D eigenvalue weighted by atomic mass is 32.2. The number of nitrogens with zero attached hydrogens (tertiary/aromatic N) is 1. The Balaban J connectivity index is 0.000000555. The molecule has 0 radical (unpaired) electrons. The van der Waals surface area contributed by atoms with Crippen LogP contribution in [0.15, 0.2) is 0 Å². The number of hydrogen-bond donors (Lipinski definition) is 1. The van der Waals surface area contributed by atoms with Gasteiger partial charge in [0, 0.05) is 0 Å². The average molecular weight is 294 g/mol. The van der Waals surface area contributed by atoms with Gasteiger partial charge in [-0.3, -0.25) is 4.55 Å². The summed E-state index contributed by atoms with van der Waals surface area (Å²) >= 11 is 0. The van der Waals surface area contributed by atoms with Crippen LogP contribution in [0.2, 0.25) is 0 Å². The van der Waals surface area contributed by atoms with Crippen LogP contribution in [0.1, 0.15) is 58.3 Å². The van der Waals surface area contributed by atoms with E-state index >= 15 is 0 Å². The van der Waals surface area contributed by atoms with E-state index in [4.69, 9.17) is 4.55 Å². The molecular weight excluding hydrogens is 262 g/mol. The van der Waals surface area contributed by atoms with Crippen molar-refractivity contribution in [2.24, 2.45) is 0 Å². The second-order valence-corrected chi connectivity index (χ2v) is 7.46. The monoisotopic (exact) mass is 294 g/mol. The molecule has 0 aromatic carbocycles. The van der Waals surface area contributed by atoms with Crippen LogP contribution in [0.25, 0.3) is 0 Å². The first-order valence-electron chi connectivity index (χ1n) is 7.53. The SMILES string of the molecule is CCCCCCC[N+]1(C)CCCCC1.CS(=O)(=O)O. The van der Waals surface area contributed by atoms with Crippen molar-refractivity contribution >= 4 is 10.1 Å². The summed E-state index contributed by atoms with van der Waals surface area (Å²) in [5.74, 6) is 0. The van der Waals surface area contributed by atoms with E-state index in [0.29, 0.717) is 6.26 Å². The number of quaternary nitrogens is 1. The summed E-state index contributed by atoms with van der Waals surface area (Å²) in [6, 6.07) is 0. The number of rotatable bonds is 6. The molecule has 0 atom stereocenters. The van der Waals surface area contributed by atoms with E-state index in [-0.39, 0.29) is 0 Å². The predicted octanol–water partition coefficient (Wildman–Crippen LogP) is 3.09. The summed E-state index contributed by atoms with van der Waals surface area (Å²) in [5.41, 5.74) is 0. The van der Waals surface area contributed by atoms with Crippen LogP contribution >= 0.6 is 0 Å². The molecule has 0 unspecified atom stereocenters. The van der Waals surface area contributed by atoms with Crippen molar-refractivity contribution in [1.29, 1.82) is 0 Å². The van der Waals surface area contributed by atoms with Gasteiger partial charge in [0.15, 0.2) is 0 Å². The molecule has 1 aliphatic rings. The second-order valence-electron chi connectivity index (χ2n) is 6.00. The molecule has 0 aliphatic carbocycles. The molecule has 116 valence electrons. The van der Waals surface area contributed by atoms with Crippen LogP contribution in [0.4, 0.5) is 0 Å². The second kappa shape index (κ2) is 9.72. The standard InChI is InChI=1S/C13H28N.CH4O3S/c1-3-4-5-6-8-11-14(2)12-9-7-10-13-14;1-5(2,3)4/h3-13H2,1-2H3;1H3,(H,2,3,4)/q+1;. The van der Waals surface area contributed by atoms with Gasteiger partial charge in [0.25, 0.3) is 10.1 Å². The van der Waals surface area contributed by atoms with E-state index in [9.17, 15) is 8.42 Å². The summed E-state index contributed by atoms with van der Waals surface area (Å²) in [7, 11) is -1.21. The van der Waals surface area contributed by atoms with Gasteiger partial charge >= 0.3 is 0 Å². The van der Waals surface area contributed by atoms with E-state index in [1.807, 2.05) is 0 Å². The van der Waals surface area contributed by atoms with Crippen LogP contribution < -0.4 is 0 Å². The van der Waals surface area contributed by atoms with E-state index in [2.05, 4.69) is 14.0 Å². The maximum atomic E-state index is 9.19. The van der Waals surface area contributed by atoms with Crippen molar-refractivity contribution in [2.45, 2.75) is 58.3 Å². The zero-order valence-electron chi connectivity index (χ0n) is 12.9. The fraction of sp³-hybridized carbons (Fsp3) is 1.00. The van der Waals surface area contributed by atoms with Crippen molar-refractivity contribution in [3.63, 3.8) is 0 Å². The molecule has 5 heteroatoms. The quantitative estimate of drug-likeness (QED) is 0.465. The molecule has 0 spiro atoms. The fourth-order valence-corrected chi connectivity index (χ4v) is 2.60. The third-order valence-corrected chi connectivity index (χ3v) is 3.70. The maximum absolute atomic E-state index is 9.19. The molecular formula is C14H32NO3S+. The highest BCUT2D eigenvalue weighted by molar-refractivity contribution is 7.85. The van der Waals surface area contributed by atoms with Gasteiger partial charge in [-0.25, -0.2) is 0 Å². The lowest BCUT2D eigenvalue weighted by atomic mass is 10.1. The van der Waals surface area contributed by atoms with E-state index in [1.165, 1.54) is 75.5 Å². The lowest BCUT2D eigenvalue weighted by Crippen LogP contribution is -2.48. The summed E-state index contributed by atoms with van der Waals surface area (Å²) in [6.45, 7) is 6.60. The van der Waals surface area contributed by atoms with Gasteiger partial charge in [-0.2, -0.15) is 8.42 Å². The number of piperidine rings is 1. The molecule has 0 bridgehead atoms. The molecule has 1 aliphatic heterocycles. The van der Waals surface area contributed by atoms with Crippen molar-refractivity contribution in [3.8, 4) is 0 Å². The molecule has 1 rings (SSSR count). The first kappa shape index (κ1) is 18.9. The van der Waals surface area contributed by atoms with Gasteiger partial charge in [-0.1, -0.05) is 26.2 Å². The number of likely N-dealkylation sites (tertiary alicyclic amines) is 1. The van der Waals surface area contributed by atoms with Gasteiger partial charge in [-0.15, -0.1) is 0 Å². The predicted molar refractivity (Wildman–Crippen MR) is 80.9 cm³/mol. The van der Waals surface area contributed by atoms with Crippen LogP contribution in [0.3, 0.4) is 0 Å². The largest absolute Gasteiger partial charge is 0.326 e. The molecule has 1 heterocycles. The van der Waals surface area contributed by atoms with Crippen LogP contribution in [-0.4, -0.2) is 50.4 Å². The third-order valence-electron chi connectivity index (χ3n) is 3.70. The summed E-state index contributed by atoms with van der Waals surface area (Å²) < 4.78 is 27.2. The van der Waals surface area contributed by atoms with Crippen molar-refractivity contribution < 1.29 is 17.5 Å². The van der Waals surface area contributed by atoms with Crippen LogP contribution in [0.5, 0.6) is 0 Å². The van der Waals surface area contributed by atoms with Crippen LogP contribution in [-0.2, 0) is 10.1 Å². The maximum Gasteiger partial charge on any atom is 0.261 e. The van der Waals surface area contributed by atoms with Crippen molar-refractivity contribution in [2.75, 3.05) is 32.9 Å². The Labute approximate surface area is 119 Å². The van der Waals surface area contributed by atoms with Gasteiger partial charge < -0.3 is 4.48 Å². The summed E-state index contributed by atoms with van der Waals surface area (Å²) in [6.07, 6.45) is 12.3. The first-order chi connectivity index (χ1) is 8.77. The van der Waals surface area contributed by atoms with Gasteiger partial charge in [0.1, 0.15) is 0 Å². The van der Waals surface area contributed by atoms with Crippen LogP contribution in [0, 0.1) is 0 Å². The molecule has 19 heavy (non-hydrogen) atoms. The van der Waals surface area contributed by atoms with Crippen molar-refractivity contribution in [1.82, 2.24) is 0 Å². The molecule has 0 aromatic heterocycles. The average Bonchev–Trinajstić information content (AvgIpc) is 2.27. The van der Waals surface area contributed by atoms with E-state index in [0.717, 1.165) is 0 Å². The Morgan fingerprint density at radius 2 is 1.47 bits per heavy atom. The Hall–Kier alpha value is -0.130. The minimum absolute atomic E-state index is 0.715. The molecule has 0 aromatic rings. The molecule has 0 saturated carbocycles. The zero-order valence-corrected chi connectivity index (χ0v) is 13.7. The minimum atomic E-state index is -3.67. The summed E-state index contributed by atoms with van der Waals surface area (Å²) in [4.78, 5) is 0. The minimum Gasteiger partial charge on any atom is -0.326 e. The topological polar surface area (TPSA) is 54.4 Å². The Morgan fingerprint density at radius 3 is 1.95 bits per heavy atom. The van der Waals surface area contributed by atoms with Crippen molar-refractivity contribution in [3.05, 3.63) is 0 Å². The molecule has 1 N–H and O–H groups in total. The first-order valence-corrected chi connectivity index (χ1v) is 9.38. The Bertz CT molecular complexity index is 301. The number of hydrogen-bond acceptors (Lipinski definition) is 2. The van der Waals surface area contributed by atoms with Gasteiger partial charge in [0.2, 0.25) is 0 Å². The highest BCUT2D eigenvalue weighted by Gasteiger charge is 2.23. The molecule has 4 nitrogen and oxygen atoms in total. The number of unbranched alkanes of at least 4 members (excludes halogenated alkanes) is 4. The summed E-state index contributed by atoms with van der Waals surface area (Å²) in [5, 5.41) is 0. The lowest BCUT2D eigenvalue weighted by Gasteiger charge is -2.37. The third kappa shape index (κ3) is 14.1. The zero-order chi connectivity index (χ0) is 14.8. The fourth-order valence-electron chi connectivity index (χ4n) is 2.60. The highest BCUT2D eigenvalue weighted by Crippen LogP contribution is 2.17. The molecule has 1 saturated heterocycles. The smallest absolute Gasteiger partial charge is 0.261 e. The van der Waals surface area contributed by atoms with Gasteiger partial charge in [-0.05, 0) is 32.1 Å².